The molecule has 1 amide bonds. The van der Waals surface area contributed by atoms with E-state index in [1.165, 1.54) is 34.9 Å². The number of thioether (sulfide) groups is 1. The van der Waals surface area contributed by atoms with Gasteiger partial charge in [-0.25, -0.2) is 13.6 Å². The number of amides is 1. The number of ether oxygens (including phenoxy) is 3. The van der Waals surface area contributed by atoms with Crippen LogP contribution in [0.4, 0.5) is 8.78 Å². The number of thiocarbonyl (C=S) groups is 1. The van der Waals surface area contributed by atoms with Crippen LogP contribution in [0.1, 0.15) is 22.3 Å². The van der Waals surface area contributed by atoms with E-state index >= 15 is 0 Å². The normalized spacial score (nSPS) is 16.5. The lowest BCUT2D eigenvalue weighted by atomic mass is 10.0. The summed E-state index contributed by atoms with van der Waals surface area (Å²) in [5.41, 5.74) is 1.87. The second-order valence-electron chi connectivity index (χ2n) is 10.1. The van der Waals surface area contributed by atoms with E-state index in [4.69, 9.17) is 31.5 Å². The van der Waals surface area contributed by atoms with Gasteiger partial charge in [-0.2, -0.15) is 0 Å². The maximum atomic E-state index is 14.2. The molecule has 230 valence electrons. The van der Waals surface area contributed by atoms with Gasteiger partial charge in [-0.3, -0.25) is 14.6 Å². The molecule has 0 unspecified atom stereocenters. The fourth-order valence-electron chi connectivity index (χ4n) is 4.71. The van der Waals surface area contributed by atoms with Crippen molar-refractivity contribution in [2.75, 3.05) is 52.6 Å². The number of hydrogen-bond donors (Lipinski definition) is 1. The molecule has 0 saturated carbocycles. The van der Waals surface area contributed by atoms with Gasteiger partial charge in [-0.15, -0.1) is 0 Å². The van der Waals surface area contributed by atoms with Gasteiger partial charge in [0.1, 0.15) is 22.4 Å². The van der Waals surface area contributed by atoms with Gasteiger partial charge in [0.2, 0.25) is 0 Å². The van der Waals surface area contributed by atoms with Crippen LogP contribution in [-0.2, 0) is 9.53 Å². The highest BCUT2D eigenvalue weighted by Crippen LogP contribution is 2.36. The number of carbonyl (C=O) groups is 2. The third kappa shape index (κ3) is 8.00. The van der Waals surface area contributed by atoms with Crippen molar-refractivity contribution in [2.24, 2.45) is 0 Å². The summed E-state index contributed by atoms with van der Waals surface area (Å²) >= 11 is 6.66. The molecule has 8 nitrogen and oxygen atoms in total. The Morgan fingerprint density at radius 1 is 0.977 bits per heavy atom. The van der Waals surface area contributed by atoms with Crippen molar-refractivity contribution in [1.82, 2.24) is 9.80 Å². The maximum absolute atomic E-state index is 14.2. The summed E-state index contributed by atoms with van der Waals surface area (Å²) in [6.07, 6.45) is 2.23. The number of rotatable bonds is 12. The molecular weight excluding hydrogens is 610 g/mol. The van der Waals surface area contributed by atoms with Crippen LogP contribution in [0, 0.1) is 11.6 Å². The fraction of sp³-hybridized carbons (Fsp3) is 0.281. The molecule has 2 aliphatic heterocycles. The number of aromatic carboxylic acids is 1. The SMILES string of the molecule is O=C(O)c1ccc(OCCCN2C(=O)/C(=C/c3ccc(OCCN4CCOCC4)c(-c4ccc(F)c(F)c4)c3)SC2=S)cc1. The summed E-state index contributed by atoms with van der Waals surface area (Å²) in [6, 6.07) is 15.2. The van der Waals surface area contributed by atoms with Crippen LogP contribution in [-0.4, -0.2) is 83.7 Å². The number of hydrogen-bond acceptors (Lipinski definition) is 8. The Labute approximate surface area is 263 Å². The minimum Gasteiger partial charge on any atom is -0.494 e. The Bertz CT molecular complexity index is 1560. The molecule has 0 radical (unpaired) electrons. The molecule has 2 fully saturated rings. The molecule has 3 aromatic carbocycles. The van der Waals surface area contributed by atoms with Crippen LogP contribution in [0.3, 0.4) is 0 Å². The topological polar surface area (TPSA) is 88.5 Å². The Morgan fingerprint density at radius 2 is 1.75 bits per heavy atom. The zero-order valence-electron chi connectivity index (χ0n) is 23.7. The minimum absolute atomic E-state index is 0.171. The van der Waals surface area contributed by atoms with Crippen molar-refractivity contribution < 1.29 is 37.7 Å². The highest BCUT2D eigenvalue weighted by atomic mass is 32.2. The number of halogens is 2. The van der Waals surface area contributed by atoms with E-state index in [9.17, 15) is 18.4 Å². The number of carboxylic acids is 1. The van der Waals surface area contributed by atoms with Crippen LogP contribution in [0.5, 0.6) is 11.5 Å². The molecular formula is C32H30F2N2O6S2. The summed E-state index contributed by atoms with van der Waals surface area (Å²) < 4.78 is 45.5. The van der Waals surface area contributed by atoms with Crippen molar-refractivity contribution in [2.45, 2.75) is 6.42 Å². The summed E-state index contributed by atoms with van der Waals surface area (Å²) in [6.45, 7) is 4.79. The number of benzene rings is 3. The molecule has 3 aromatic rings. The third-order valence-corrected chi connectivity index (χ3v) is 8.45. The first-order valence-corrected chi connectivity index (χ1v) is 15.2. The molecule has 44 heavy (non-hydrogen) atoms. The first-order chi connectivity index (χ1) is 21.3. The molecule has 2 heterocycles. The van der Waals surface area contributed by atoms with E-state index in [0.717, 1.165) is 25.2 Å². The summed E-state index contributed by atoms with van der Waals surface area (Å²) in [5, 5.41) is 9.01. The van der Waals surface area contributed by atoms with Crippen molar-refractivity contribution >= 4 is 46.3 Å². The number of carboxylic acid groups (broad SMARTS) is 1. The molecule has 5 rings (SSSR count). The van der Waals surface area contributed by atoms with Gasteiger partial charge in [0, 0.05) is 31.7 Å². The fourth-order valence-corrected chi connectivity index (χ4v) is 6.02. The number of nitrogens with zero attached hydrogens (tertiary/aromatic N) is 2. The zero-order valence-corrected chi connectivity index (χ0v) is 25.3. The quantitative estimate of drug-likeness (QED) is 0.152. The Balaban J connectivity index is 1.25. The lowest BCUT2D eigenvalue weighted by Gasteiger charge is -2.26. The second kappa shape index (κ2) is 14.8. The Hall–Kier alpha value is -3.84. The molecule has 0 aliphatic carbocycles. The molecule has 0 bridgehead atoms. The van der Waals surface area contributed by atoms with Gasteiger partial charge >= 0.3 is 5.97 Å². The standard InChI is InChI=1S/C32H30F2N2O6S2/c33-26-8-5-23(20-27(26)34)25-18-21(2-9-28(25)42-17-13-35-11-15-40-16-12-35)19-29-30(37)36(32(43)44-29)10-1-14-41-24-6-3-22(4-7-24)31(38)39/h2-9,18-20H,1,10-17H2,(H,38,39)/b29-19-. The van der Waals surface area contributed by atoms with E-state index < -0.39 is 17.6 Å². The van der Waals surface area contributed by atoms with E-state index in [1.54, 1.807) is 30.3 Å². The van der Waals surface area contributed by atoms with Gasteiger partial charge in [0.25, 0.3) is 5.91 Å². The van der Waals surface area contributed by atoms with Crippen LogP contribution >= 0.6 is 24.0 Å². The van der Waals surface area contributed by atoms with E-state index in [1.807, 2.05) is 6.07 Å². The lowest BCUT2D eigenvalue weighted by molar-refractivity contribution is -0.122. The van der Waals surface area contributed by atoms with Gasteiger partial charge in [0.05, 0.1) is 30.3 Å². The smallest absolute Gasteiger partial charge is 0.335 e. The Morgan fingerprint density at radius 3 is 2.48 bits per heavy atom. The van der Waals surface area contributed by atoms with Gasteiger partial charge in [-0.1, -0.05) is 36.1 Å². The van der Waals surface area contributed by atoms with Crippen molar-refractivity contribution in [3.63, 3.8) is 0 Å². The molecule has 0 spiro atoms. The lowest BCUT2D eigenvalue weighted by Crippen LogP contribution is -2.38. The van der Waals surface area contributed by atoms with E-state index in [2.05, 4.69) is 4.90 Å². The van der Waals surface area contributed by atoms with Crippen LogP contribution in [0.25, 0.3) is 17.2 Å². The maximum Gasteiger partial charge on any atom is 0.335 e. The summed E-state index contributed by atoms with van der Waals surface area (Å²) in [4.78, 5) is 28.4. The average Bonchev–Trinajstić information content (AvgIpc) is 3.29. The molecule has 0 aromatic heterocycles. The Kier molecular flexibility index (Phi) is 10.6. The molecule has 2 saturated heterocycles. The monoisotopic (exact) mass is 640 g/mol. The van der Waals surface area contributed by atoms with E-state index in [0.29, 0.717) is 83.4 Å². The predicted molar refractivity (Wildman–Crippen MR) is 168 cm³/mol. The molecule has 0 atom stereocenters. The third-order valence-electron chi connectivity index (χ3n) is 7.07. The zero-order chi connectivity index (χ0) is 31.1. The van der Waals surface area contributed by atoms with Crippen LogP contribution < -0.4 is 9.47 Å². The van der Waals surface area contributed by atoms with Crippen molar-refractivity contribution in [1.29, 1.82) is 0 Å². The molecule has 2 aliphatic rings. The van der Waals surface area contributed by atoms with Crippen molar-refractivity contribution in [3.8, 4) is 22.6 Å². The average molecular weight is 641 g/mol. The van der Waals surface area contributed by atoms with E-state index in [-0.39, 0.29) is 11.5 Å². The first kappa shape index (κ1) is 31.6. The summed E-state index contributed by atoms with van der Waals surface area (Å²) in [7, 11) is 0. The van der Waals surface area contributed by atoms with Gasteiger partial charge in [-0.05, 0) is 72.2 Å². The number of carbonyl (C=O) groups excluding carboxylic acids is 1. The molecule has 1 N–H and O–H groups in total. The summed E-state index contributed by atoms with van der Waals surface area (Å²) in [5.74, 6) is -2.09. The first-order valence-electron chi connectivity index (χ1n) is 14.0. The van der Waals surface area contributed by atoms with Crippen LogP contribution in [0.2, 0.25) is 0 Å². The highest BCUT2D eigenvalue weighted by Gasteiger charge is 2.31. The largest absolute Gasteiger partial charge is 0.494 e. The number of morpholine rings is 1. The predicted octanol–water partition coefficient (Wildman–Crippen LogP) is 5.71. The van der Waals surface area contributed by atoms with Gasteiger partial charge < -0.3 is 19.3 Å². The minimum atomic E-state index is -1.01. The second-order valence-corrected chi connectivity index (χ2v) is 11.7. The highest BCUT2D eigenvalue weighted by molar-refractivity contribution is 8.26. The molecule has 12 heteroatoms. The van der Waals surface area contributed by atoms with Crippen molar-refractivity contribution in [3.05, 3.63) is 88.3 Å². The van der Waals surface area contributed by atoms with Gasteiger partial charge in [0.15, 0.2) is 11.6 Å². The van der Waals surface area contributed by atoms with Crippen LogP contribution in [0.15, 0.2) is 65.6 Å².